The number of nitrogens with zero attached hydrogens (tertiary/aromatic N) is 2. The third-order valence-electron chi connectivity index (χ3n) is 4.82. The van der Waals surface area contributed by atoms with Gasteiger partial charge in [-0.15, -0.1) is 0 Å². The minimum absolute atomic E-state index is 0.336. The molecular weight excluding hydrogens is 312 g/mol. The number of hydrogen-bond acceptors (Lipinski definition) is 4. The largest absolute Gasteiger partial charge is 0.428 e. The van der Waals surface area contributed by atoms with Crippen LogP contribution in [0.5, 0.6) is 0 Å². The maximum atomic E-state index is 10.3. The molecule has 0 aromatic rings. The van der Waals surface area contributed by atoms with Crippen LogP contribution in [0.25, 0.3) is 0 Å². The lowest BCUT2D eigenvalue weighted by atomic mass is 9.97. The lowest BCUT2D eigenvalue weighted by Gasteiger charge is -2.12. The Kier molecular flexibility index (Phi) is 19.6. The zero-order chi connectivity index (χ0) is 18.4. The molecule has 4 heteroatoms. The van der Waals surface area contributed by atoms with Crippen LogP contribution in [0, 0.1) is 17.4 Å². The van der Waals surface area contributed by atoms with E-state index in [1.165, 1.54) is 83.5 Å². The molecule has 0 aliphatic rings. The van der Waals surface area contributed by atoms with Crippen molar-refractivity contribution in [3.05, 3.63) is 0 Å². The normalized spacial score (nSPS) is 11.5. The molecule has 0 aliphatic heterocycles. The van der Waals surface area contributed by atoms with Gasteiger partial charge in [0.2, 0.25) is 6.08 Å². The average molecular weight is 351 g/mol. The SMILES string of the molecule is CCCCCCCCCCCCCCCC(CCOC#N)CN=C=O. The molecule has 0 heterocycles. The van der Waals surface area contributed by atoms with Crippen molar-refractivity contribution < 1.29 is 9.53 Å². The van der Waals surface area contributed by atoms with Gasteiger partial charge in [0.15, 0.2) is 0 Å². The molecule has 1 atom stereocenters. The smallest absolute Gasteiger partial charge is 0.286 e. The van der Waals surface area contributed by atoms with Gasteiger partial charge in [0.05, 0.1) is 6.54 Å². The second-order valence-electron chi connectivity index (χ2n) is 7.06. The van der Waals surface area contributed by atoms with Crippen molar-refractivity contribution >= 4 is 6.08 Å². The molecule has 0 radical (unpaired) electrons. The minimum Gasteiger partial charge on any atom is -0.428 e. The minimum atomic E-state index is 0.336. The molecular formula is C21H38N2O2. The van der Waals surface area contributed by atoms with E-state index in [2.05, 4.69) is 11.9 Å². The zero-order valence-corrected chi connectivity index (χ0v) is 16.3. The van der Waals surface area contributed by atoms with Crippen LogP contribution in [0.15, 0.2) is 4.99 Å². The van der Waals surface area contributed by atoms with Crippen molar-refractivity contribution in [1.82, 2.24) is 0 Å². The molecule has 0 saturated carbocycles. The van der Waals surface area contributed by atoms with Crippen molar-refractivity contribution in [3.63, 3.8) is 0 Å². The Morgan fingerprint density at radius 3 is 1.84 bits per heavy atom. The number of carbonyl (C=O) groups excluding carboxylic acids is 1. The fourth-order valence-corrected chi connectivity index (χ4v) is 3.22. The molecule has 0 bridgehead atoms. The summed E-state index contributed by atoms with van der Waals surface area (Å²) in [6, 6.07) is 0. The molecule has 1 unspecified atom stereocenters. The highest BCUT2D eigenvalue weighted by Gasteiger charge is 2.08. The van der Waals surface area contributed by atoms with Gasteiger partial charge in [-0.25, -0.2) is 9.79 Å². The monoisotopic (exact) mass is 350 g/mol. The highest BCUT2D eigenvalue weighted by atomic mass is 16.5. The van der Waals surface area contributed by atoms with E-state index >= 15 is 0 Å². The van der Waals surface area contributed by atoms with Gasteiger partial charge in [-0.05, 0) is 18.8 Å². The van der Waals surface area contributed by atoms with Crippen molar-refractivity contribution in [2.75, 3.05) is 13.2 Å². The van der Waals surface area contributed by atoms with E-state index in [9.17, 15) is 4.79 Å². The van der Waals surface area contributed by atoms with Crippen molar-refractivity contribution in [2.24, 2.45) is 10.9 Å². The fraction of sp³-hybridized carbons (Fsp3) is 0.905. The standard InChI is InChI=1S/C21H38N2O2/c1-2-3-4-5-6-7-8-9-10-11-12-13-14-15-21(18-23-20-24)16-17-25-19-22/h21H,2-18H2,1H3. The van der Waals surface area contributed by atoms with Crippen LogP contribution in [0.2, 0.25) is 0 Å². The summed E-state index contributed by atoms with van der Waals surface area (Å²) in [5, 5.41) is 8.40. The van der Waals surface area contributed by atoms with Gasteiger partial charge in [0, 0.05) is 0 Å². The van der Waals surface area contributed by atoms with Gasteiger partial charge < -0.3 is 4.74 Å². The first-order valence-corrected chi connectivity index (χ1v) is 10.4. The molecule has 0 aromatic carbocycles. The molecule has 0 rings (SSSR count). The highest BCUT2D eigenvalue weighted by Crippen LogP contribution is 2.17. The summed E-state index contributed by atoms with van der Waals surface area (Å²) in [6.45, 7) is 3.20. The van der Waals surface area contributed by atoms with Crippen molar-refractivity contribution in [3.8, 4) is 6.26 Å². The van der Waals surface area contributed by atoms with Gasteiger partial charge in [-0.3, -0.25) is 0 Å². The van der Waals surface area contributed by atoms with Gasteiger partial charge >= 0.3 is 0 Å². The van der Waals surface area contributed by atoms with E-state index in [4.69, 9.17) is 10.00 Å². The molecule has 4 nitrogen and oxygen atoms in total. The average Bonchev–Trinajstić information content (AvgIpc) is 2.63. The van der Waals surface area contributed by atoms with Crippen LogP contribution in [-0.2, 0) is 9.53 Å². The summed E-state index contributed by atoms with van der Waals surface area (Å²) in [5.74, 6) is 0.336. The first-order chi connectivity index (χ1) is 12.3. The summed E-state index contributed by atoms with van der Waals surface area (Å²) in [6.07, 6.45) is 22.7. The van der Waals surface area contributed by atoms with Crippen LogP contribution in [-0.4, -0.2) is 19.2 Å². The molecule has 0 aromatic heterocycles. The molecule has 25 heavy (non-hydrogen) atoms. The van der Waals surface area contributed by atoms with Crippen LogP contribution in [0.4, 0.5) is 0 Å². The molecule has 0 aliphatic carbocycles. The van der Waals surface area contributed by atoms with Gasteiger partial charge in [0.25, 0.3) is 6.26 Å². The van der Waals surface area contributed by atoms with E-state index in [1.807, 2.05) is 0 Å². The number of hydrogen-bond donors (Lipinski definition) is 0. The van der Waals surface area contributed by atoms with E-state index in [-0.39, 0.29) is 0 Å². The van der Waals surface area contributed by atoms with Crippen LogP contribution < -0.4 is 0 Å². The third kappa shape index (κ3) is 18.8. The lowest BCUT2D eigenvalue weighted by molar-refractivity contribution is 0.235. The zero-order valence-electron chi connectivity index (χ0n) is 16.3. The quantitative estimate of drug-likeness (QED) is 0.119. The van der Waals surface area contributed by atoms with E-state index in [0.29, 0.717) is 19.1 Å². The Hall–Kier alpha value is -1.33. The molecule has 0 N–H and O–H groups in total. The number of unbranched alkanes of at least 4 members (excludes halogenated alkanes) is 12. The number of aliphatic imine (C=N–C) groups is 1. The van der Waals surface area contributed by atoms with Gasteiger partial charge in [-0.2, -0.15) is 5.26 Å². The maximum absolute atomic E-state index is 10.3. The molecule has 0 saturated heterocycles. The van der Waals surface area contributed by atoms with Gasteiger partial charge in [0.1, 0.15) is 6.61 Å². The van der Waals surface area contributed by atoms with Crippen molar-refractivity contribution in [1.29, 1.82) is 5.26 Å². The van der Waals surface area contributed by atoms with Crippen LogP contribution >= 0.6 is 0 Å². The van der Waals surface area contributed by atoms with Crippen LogP contribution in [0.3, 0.4) is 0 Å². The first-order valence-electron chi connectivity index (χ1n) is 10.4. The highest BCUT2D eigenvalue weighted by molar-refractivity contribution is 5.32. The molecule has 0 fully saturated rings. The Bertz CT molecular complexity index is 359. The predicted octanol–water partition coefficient (Wildman–Crippen LogP) is 6.31. The Balaban J connectivity index is 3.41. The topological polar surface area (TPSA) is 62.4 Å². The summed E-state index contributed by atoms with van der Waals surface area (Å²) < 4.78 is 4.73. The summed E-state index contributed by atoms with van der Waals surface area (Å²) >= 11 is 0. The molecule has 0 spiro atoms. The predicted molar refractivity (Wildman–Crippen MR) is 103 cm³/mol. The Morgan fingerprint density at radius 1 is 0.840 bits per heavy atom. The second-order valence-corrected chi connectivity index (χ2v) is 7.06. The van der Waals surface area contributed by atoms with Gasteiger partial charge in [-0.1, -0.05) is 90.4 Å². The number of ether oxygens (including phenoxy) is 1. The Labute approximate surface area is 155 Å². The second kappa shape index (κ2) is 20.7. The van der Waals surface area contributed by atoms with E-state index in [1.54, 1.807) is 12.3 Å². The maximum Gasteiger partial charge on any atom is 0.286 e. The van der Waals surface area contributed by atoms with Crippen LogP contribution in [0.1, 0.15) is 103 Å². The summed E-state index contributed by atoms with van der Waals surface area (Å²) in [4.78, 5) is 13.9. The number of isocyanates is 1. The number of nitriles is 1. The van der Waals surface area contributed by atoms with E-state index < -0.39 is 0 Å². The Morgan fingerprint density at radius 2 is 1.36 bits per heavy atom. The first kappa shape index (κ1) is 23.7. The summed E-state index contributed by atoms with van der Waals surface area (Å²) in [5.41, 5.74) is 0. The van der Waals surface area contributed by atoms with E-state index in [0.717, 1.165) is 12.8 Å². The lowest BCUT2D eigenvalue weighted by Crippen LogP contribution is -2.08. The molecule has 144 valence electrons. The summed E-state index contributed by atoms with van der Waals surface area (Å²) in [7, 11) is 0. The fourth-order valence-electron chi connectivity index (χ4n) is 3.22. The van der Waals surface area contributed by atoms with Crippen molar-refractivity contribution in [2.45, 2.75) is 103 Å². The third-order valence-corrected chi connectivity index (χ3v) is 4.82. The number of rotatable bonds is 19. The molecule has 0 amide bonds.